The van der Waals surface area contributed by atoms with Gasteiger partial charge in [0.15, 0.2) is 6.61 Å². The molecule has 0 spiro atoms. The van der Waals surface area contributed by atoms with Crippen LogP contribution in [0.1, 0.15) is 37.1 Å². The zero-order chi connectivity index (χ0) is 14.8. The van der Waals surface area contributed by atoms with Gasteiger partial charge in [0.1, 0.15) is 5.75 Å². The summed E-state index contributed by atoms with van der Waals surface area (Å²) < 4.78 is 5.71. The fourth-order valence-corrected chi connectivity index (χ4v) is 2.29. The Balaban J connectivity index is 1.58. The first kappa shape index (κ1) is 14.3. The van der Waals surface area contributed by atoms with Crippen LogP contribution in [0.25, 0.3) is 0 Å². The van der Waals surface area contributed by atoms with Crippen LogP contribution in [-0.4, -0.2) is 41.5 Å². The van der Waals surface area contributed by atoms with E-state index in [0.717, 1.165) is 24.2 Å². The molecule has 1 aromatic rings. The summed E-state index contributed by atoms with van der Waals surface area (Å²) in [6.07, 6.45) is 4.72. The minimum atomic E-state index is 0.0409. The lowest BCUT2D eigenvalue weighted by Gasteiger charge is -2.17. The van der Waals surface area contributed by atoms with E-state index >= 15 is 0 Å². The molecule has 21 heavy (non-hydrogen) atoms. The monoisotopic (exact) mass is 289 g/mol. The first-order chi connectivity index (χ1) is 10.1. The third-order valence-corrected chi connectivity index (χ3v) is 4.05. The van der Waals surface area contributed by atoms with E-state index in [-0.39, 0.29) is 12.5 Å². The summed E-state index contributed by atoms with van der Waals surface area (Å²) in [5, 5.41) is 3.44. The molecule has 0 bridgehead atoms. The minimum Gasteiger partial charge on any atom is -0.482 e. The maximum absolute atomic E-state index is 12.0. The average molecular weight is 289 g/mol. The van der Waals surface area contributed by atoms with Gasteiger partial charge in [-0.15, -0.1) is 0 Å². The highest BCUT2D eigenvalue weighted by Gasteiger charge is 2.29. The molecule has 5 heteroatoms. The highest BCUT2D eigenvalue weighted by molar-refractivity contribution is 5.78. The number of pyridine rings is 1. The van der Waals surface area contributed by atoms with Gasteiger partial charge in [0, 0.05) is 31.4 Å². The Hall–Kier alpha value is -1.62. The number of ether oxygens (including phenoxy) is 1. The molecule has 0 radical (unpaired) electrons. The van der Waals surface area contributed by atoms with Crippen LogP contribution in [-0.2, 0) is 11.3 Å². The number of hydrogen-bond donors (Lipinski definition) is 1. The van der Waals surface area contributed by atoms with Gasteiger partial charge in [-0.2, -0.15) is 0 Å². The Morgan fingerprint density at radius 3 is 2.81 bits per heavy atom. The minimum absolute atomic E-state index is 0.0409. The van der Waals surface area contributed by atoms with E-state index in [2.05, 4.69) is 10.3 Å². The molecule has 3 rings (SSSR count). The van der Waals surface area contributed by atoms with E-state index in [9.17, 15) is 4.79 Å². The number of aromatic nitrogens is 1. The Bertz CT molecular complexity index is 524. The highest BCUT2D eigenvalue weighted by atomic mass is 16.5. The summed E-state index contributed by atoms with van der Waals surface area (Å²) in [6.45, 7) is 2.76. The van der Waals surface area contributed by atoms with E-state index < -0.39 is 0 Å². The third kappa shape index (κ3) is 3.94. The SMILES string of the molecule is Cc1ccc(OCC(=O)N(C)C2CC2)c(CNC2CC2)n1. The van der Waals surface area contributed by atoms with Crippen LogP contribution < -0.4 is 10.1 Å². The van der Waals surface area contributed by atoms with Gasteiger partial charge in [-0.3, -0.25) is 9.78 Å². The van der Waals surface area contributed by atoms with Crippen LogP contribution in [0, 0.1) is 6.92 Å². The lowest BCUT2D eigenvalue weighted by molar-refractivity contribution is -0.132. The molecule has 1 N–H and O–H groups in total. The number of likely N-dealkylation sites (N-methyl/N-ethyl adjacent to an activating group) is 1. The molecule has 114 valence electrons. The zero-order valence-corrected chi connectivity index (χ0v) is 12.8. The van der Waals surface area contributed by atoms with Gasteiger partial charge in [0.25, 0.3) is 5.91 Å². The van der Waals surface area contributed by atoms with Crippen molar-refractivity contribution in [3.8, 4) is 5.75 Å². The zero-order valence-electron chi connectivity index (χ0n) is 12.8. The predicted octanol–water partition coefficient (Wildman–Crippen LogP) is 1.64. The lowest BCUT2D eigenvalue weighted by atomic mass is 10.3. The number of carbonyl (C=O) groups is 1. The molecule has 2 aliphatic carbocycles. The summed E-state index contributed by atoms with van der Waals surface area (Å²) in [6, 6.07) is 4.89. The molecule has 1 heterocycles. The number of aryl methyl sites for hydroxylation is 1. The molecule has 2 saturated carbocycles. The third-order valence-electron chi connectivity index (χ3n) is 4.05. The largest absolute Gasteiger partial charge is 0.482 e. The molecule has 0 unspecified atom stereocenters. The summed E-state index contributed by atoms with van der Waals surface area (Å²) in [5.74, 6) is 0.755. The summed E-state index contributed by atoms with van der Waals surface area (Å²) in [5.41, 5.74) is 1.86. The molecule has 2 aliphatic rings. The van der Waals surface area contributed by atoms with Crippen LogP contribution in [0.2, 0.25) is 0 Å². The molecule has 2 fully saturated rings. The molecule has 1 aromatic heterocycles. The van der Waals surface area contributed by atoms with Crippen molar-refractivity contribution in [2.75, 3.05) is 13.7 Å². The van der Waals surface area contributed by atoms with Crippen molar-refractivity contribution in [3.05, 3.63) is 23.5 Å². The number of nitrogens with one attached hydrogen (secondary N) is 1. The number of hydrogen-bond acceptors (Lipinski definition) is 4. The molecule has 0 aliphatic heterocycles. The quantitative estimate of drug-likeness (QED) is 0.829. The van der Waals surface area contributed by atoms with Gasteiger partial charge in [0.2, 0.25) is 0 Å². The van der Waals surface area contributed by atoms with Gasteiger partial charge >= 0.3 is 0 Å². The van der Waals surface area contributed by atoms with Crippen molar-refractivity contribution < 1.29 is 9.53 Å². The van der Waals surface area contributed by atoms with Crippen molar-refractivity contribution in [2.45, 2.75) is 51.2 Å². The number of rotatable bonds is 7. The molecule has 0 saturated heterocycles. The second kappa shape index (κ2) is 6.02. The smallest absolute Gasteiger partial charge is 0.260 e. The van der Waals surface area contributed by atoms with Gasteiger partial charge in [0.05, 0.1) is 5.69 Å². The molecular formula is C16H23N3O2. The normalized spacial score (nSPS) is 17.6. The van der Waals surface area contributed by atoms with E-state index in [4.69, 9.17) is 4.74 Å². The second-order valence-corrected chi connectivity index (χ2v) is 6.08. The Kier molecular flexibility index (Phi) is 4.10. The van der Waals surface area contributed by atoms with Crippen molar-refractivity contribution in [2.24, 2.45) is 0 Å². The number of carbonyl (C=O) groups excluding carboxylic acids is 1. The molecule has 1 amide bonds. The number of amides is 1. The van der Waals surface area contributed by atoms with E-state index in [1.54, 1.807) is 4.90 Å². The van der Waals surface area contributed by atoms with Crippen molar-refractivity contribution in [3.63, 3.8) is 0 Å². The van der Waals surface area contributed by atoms with Crippen LogP contribution in [0.4, 0.5) is 0 Å². The van der Waals surface area contributed by atoms with E-state index in [1.165, 1.54) is 12.8 Å². The Labute approximate surface area is 125 Å². The lowest BCUT2D eigenvalue weighted by Crippen LogP contribution is -2.33. The van der Waals surface area contributed by atoms with Gasteiger partial charge in [-0.25, -0.2) is 0 Å². The van der Waals surface area contributed by atoms with Crippen LogP contribution in [0.5, 0.6) is 5.75 Å². The second-order valence-electron chi connectivity index (χ2n) is 6.08. The van der Waals surface area contributed by atoms with Crippen molar-refractivity contribution >= 4 is 5.91 Å². The van der Waals surface area contributed by atoms with Crippen molar-refractivity contribution in [1.29, 1.82) is 0 Å². The maximum Gasteiger partial charge on any atom is 0.260 e. The van der Waals surface area contributed by atoms with Crippen molar-refractivity contribution in [1.82, 2.24) is 15.2 Å². The van der Waals surface area contributed by atoms with Crippen LogP contribution in [0.3, 0.4) is 0 Å². The Morgan fingerprint density at radius 1 is 1.38 bits per heavy atom. The standard InChI is InChI=1S/C16H23N3O2/c1-11-3-8-15(14(18-11)9-17-12-4-5-12)21-10-16(20)19(2)13-6-7-13/h3,8,12-13,17H,4-7,9-10H2,1-2H3. The van der Waals surface area contributed by atoms with Crippen LogP contribution in [0.15, 0.2) is 12.1 Å². The number of nitrogens with zero attached hydrogens (tertiary/aromatic N) is 2. The first-order valence-electron chi connectivity index (χ1n) is 7.72. The molecule has 0 atom stereocenters. The van der Waals surface area contributed by atoms with E-state index in [1.807, 2.05) is 26.1 Å². The molecule has 0 aromatic carbocycles. The summed E-state index contributed by atoms with van der Waals surface area (Å²) >= 11 is 0. The van der Waals surface area contributed by atoms with Gasteiger partial charge in [-0.1, -0.05) is 0 Å². The van der Waals surface area contributed by atoms with Crippen LogP contribution >= 0.6 is 0 Å². The summed E-state index contributed by atoms with van der Waals surface area (Å²) in [7, 11) is 1.85. The molecule has 5 nitrogen and oxygen atoms in total. The maximum atomic E-state index is 12.0. The topological polar surface area (TPSA) is 54.5 Å². The summed E-state index contributed by atoms with van der Waals surface area (Å²) in [4.78, 5) is 18.3. The Morgan fingerprint density at radius 2 is 2.14 bits per heavy atom. The van der Waals surface area contributed by atoms with Gasteiger partial charge < -0.3 is 15.0 Å². The average Bonchev–Trinajstić information content (AvgIpc) is 3.36. The highest BCUT2D eigenvalue weighted by Crippen LogP contribution is 2.26. The van der Waals surface area contributed by atoms with Gasteiger partial charge in [-0.05, 0) is 44.7 Å². The fraction of sp³-hybridized carbons (Fsp3) is 0.625. The fourth-order valence-electron chi connectivity index (χ4n) is 2.29. The predicted molar refractivity (Wildman–Crippen MR) is 80.1 cm³/mol. The van der Waals surface area contributed by atoms with E-state index in [0.29, 0.717) is 24.4 Å². The first-order valence-corrected chi connectivity index (χ1v) is 7.72. The molecular weight excluding hydrogens is 266 g/mol.